The van der Waals surface area contributed by atoms with Gasteiger partial charge in [-0.15, -0.1) is 0 Å². The van der Waals surface area contributed by atoms with Crippen LogP contribution >= 0.6 is 0 Å². The molecule has 1 fully saturated rings. The molecule has 0 saturated carbocycles. The van der Waals surface area contributed by atoms with Crippen molar-refractivity contribution in [1.29, 1.82) is 0 Å². The van der Waals surface area contributed by atoms with Gasteiger partial charge in [-0.25, -0.2) is 0 Å². The summed E-state index contributed by atoms with van der Waals surface area (Å²) in [5.74, 6) is 0. The highest BCUT2D eigenvalue weighted by Crippen LogP contribution is 2.24. The Bertz CT molecular complexity index is 179. The fraction of sp³-hybridized carbons (Fsp3) is 1.00. The molecule has 0 radical (unpaired) electrons. The summed E-state index contributed by atoms with van der Waals surface area (Å²) in [6.07, 6.45) is 2.09. The van der Waals surface area contributed by atoms with Crippen LogP contribution in [0.5, 0.6) is 0 Å². The van der Waals surface area contributed by atoms with E-state index in [-0.39, 0.29) is 25.4 Å². The zero-order valence-electron chi connectivity index (χ0n) is 9.61. The first-order chi connectivity index (χ1) is 7.15. The predicted molar refractivity (Wildman–Crippen MR) is 56.7 cm³/mol. The first kappa shape index (κ1) is 12.9. The molecule has 2 atom stereocenters. The predicted octanol–water partition coefficient (Wildman–Crippen LogP) is 0.561. The van der Waals surface area contributed by atoms with Crippen molar-refractivity contribution >= 4 is 0 Å². The van der Waals surface area contributed by atoms with Gasteiger partial charge in [0.2, 0.25) is 0 Å². The Kier molecular flexibility index (Phi) is 4.99. The highest BCUT2D eigenvalue weighted by atomic mass is 16.5. The van der Waals surface area contributed by atoms with Gasteiger partial charge in [-0.2, -0.15) is 0 Å². The Hall–Kier alpha value is -0.160. The van der Waals surface area contributed by atoms with E-state index in [1.54, 1.807) is 0 Å². The smallest absolute Gasteiger partial charge is 0.0632 e. The second-order valence-electron chi connectivity index (χ2n) is 4.51. The maximum absolute atomic E-state index is 9.28. The molecule has 1 heterocycles. The molecule has 0 amide bonds. The van der Waals surface area contributed by atoms with Gasteiger partial charge in [-0.3, -0.25) is 0 Å². The van der Waals surface area contributed by atoms with Crippen LogP contribution in [-0.2, 0) is 9.47 Å². The van der Waals surface area contributed by atoms with E-state index in [9.17, 15) is 10.2 Å². The van der Waals surface area contributed by atoms with Crippen LogP contribution in [-0.4, -0.2) is 48.8 Å². The molecule has 1 aliphatic rings. The van der Waals surface area contributed by atoms with E-state index in [2.05, 4.69) is 6.92 Å². The molecule has 90 valence electrons. The lowest BCUT2D eigenvalue weighted by Crippen LogP contribution is -2.44. The zero-order chi connectivity index (χ0) is 11.3. The SMILES string of the molecule is CCC1CC(C)OCC(CO)(CO)CO1. The molecule has 1 rings (SSSR count). The van der Waals surface area contributed by atoms with Crippen molar-refractivity contribution in [2.75, 3.05) is 26.4 Å². The topological polar surface area (TPSA) is 58.9 Å². The maximum Gasteiger partial charge on any atom is 0.0632 e. The van der Waals surface area contributed by atoms with Gasteiger partial charge >= 0.3 is 0 Å². The molecule has 0 spiro atoms. The average Bonchev–Trinajstić information content (AvgIpc) is 2.25. The van der Waals surface area contributed by atoms with Gasteiger partial charge in [-0.1, -0.05) is 6.92 Å². The van der Waals surface area contributed by atoms with Crippen LogP contribution in [0, 0.1) is 5.41 Å². The summed E-state index contributed by atoms with van der Waals surface area (Å²) in [6, 6.07) is 0. The Morgan fingerprint density at radius 3 is 2.33 bits per heavy atom. The Morgan fingerprint density at radius 1 is 1.20 bits per heavy atom. The Labute approximate surface area is 91.2 Å². The Morgan fingerprint density at radius 2 is 1.80 bits per heavy atom. The first-order valence-corrected chi connectivity index (χ1v) is 5.60. The molecule has 0 aromatic heterocycles. The third-order valence-electron chi connectivity index (χ3n) is 3.02. The molecule has 1 aliphatic heterocycles. The van der Waals surface area contributed by atoms with Crippen molar-refractivity contribution in [3.8, 4) is 0 Å². The van der Waals surface area contributed by atoms with Crippen LogP contribution < -0.4 is 0 Å². The van der Waals surface area contributed by atoms with Gasteiger partial charge in [0, 0.05) is 0 Å². The molecule has 2 N–H and O–H groups in total. The molecule has 2 unspecified atom stereocenters. The first-order valence-electron chi connectivity index (χ1n) is 5.60. The van der Waals surface area contributed by atoms with Crippen LogP contribution in [0.2, 0.25) is 0 Å². The number of hydrogen-bond donors (Lipinski definition) is 2. The van der Waals surface area contributed by atoms with Gasteiger partial charge in [0.25, 0.3) is 0 Å². The number of aliphatic hydroxyl groups is 2. The van der Waals surface area contributed by atoms with Gasteiger partial charge in [0.15, 0.2) is 0 Å². The standard InChI is InChI=1S/C11H22O4/c1-3-10-4-9(2)14-7-11(5-12,6-13)8-15-10/h9-10,12-13H,3-8H2,1-2H3. The largest absolute Gasteiger partial charge is 0.396 e. The highest BCUT2D eigenvalue weighted by molar-refractivity contribution is 4.80. The van der Waals surface area contributed by atoms with Crippen molar-refractivity contribution in [2.45, 2.75) is 38.9 Å². The lowest BCUT2D eigenvalue weighted by Gasteiger charge is -2.35. The van der Waals surface area contributed by atoms with E-state index in [1.165, 1.54) is 0 Å². The van der Waals surface area contributed by atoms with Crippen LogP contribution in [0.3, 0.4) is 0 Å². The number of aliphatic hydroxyl groups excluding tert-OH is 2. The lowest BCUT2D eigenvalue weighted by atomic mass is 9.91. The van der Waals surface area contributed by atoms with E-state index >= 15 is 0 Å². The fourth-order valence-corrected chi connectivity index (χ4v) is 1.68. The van der Waals surface area contributed by atoms with Crippen LogP contribution in [0.25, 0.3) is 0 Å². The van der Waals surface area contributed by atoms with Crippen LogP contribution in [0.1, 0.15) is 26.7 Å². The van der Waals surface area contributed by atoms with Gasteiger partial charge in [0.05, 0.1) is 44.1 Å². The van der Waals surface area contributed by atoms with E-state index in [4.69, 9.17) is 9.47 Å². The van der Waals surface area contributed by atoms with Crippen molar-refractivity contribution in [2.24, 2.45) is 5.41 Å². The molecule has 15 heavy (non-hydrogen) atoms. The minimum atomic E-state index is -0.637. The summed E-state index contributed by atoms with van der Waals surface area (Å²) in [5.41, 5.74) is -0.637. The van der Waals surface area contributed by atoms with Gasteiger partial charge in [-0.05, 0) is 19.8 Å². The third kappa shape index (κ3) is 3.41. The number of hydrogen-bond acceptors (Lipinski definition) is 4. The highest BCUT2D eigenvalue weighted by Gasteiger charge is 2.33. The monoisotopic (exact) mass is 218 g/mol. The second-order valence-corrected chi connectivity index (χ2v) is 4.51. The fourth-order valence-electron chi connectivity index (χ4n) is 1.68. The molecule has 0 aromatic carbocycles. The summed E-state index contributed by atoms with van der Waals surface area (Å²) in [4.78, 5) is 0. The summed E-state index contributed by atoms with van der Waals surface area (Å²) in [6.45, 7) is 4.58. The summed E-state index contributed by atoms with van der Waals surface area (Å²) < 4.78 is 11.3. The zero-order valence-corrected chi connectivity index (χ0v) is 9.61. The second kappa shape index (κ2) is 5.80. The average molecular weight is 218 g/mol. The van der Waals surface area contributed by atoms with E-state index < -0.39 is 5.41 Å². The molecule has 4 heteroatoms. The molecule has 0 aliphatic carbocycles. The van der Waals surface area contributed by atoms with E-state index in [0.29, 0.717) is 13.2 Å². The van der Waals surface area contributed by atoms with Crippen molar-refractivity contribution in [3.05, 3.63) is 0 Å². The van der Waals surface area contributed by atoms with E-state index in [0.717, 1.165) is 12.8 Å². The molecule has 0 aromatic rings. The van der Waals surface area contributed by atoms with Crippen LogP contribution in [0.4, 0.5) is 0 Å². The summed E-state index contributed by atoms with van der Waals surface area (Å²) in [5, 5.41) is 18.6. The lowest BCUT2D eigenvalue weighted by molar-refractivity contribution is -0.140. The molecule has 1 saturated heterocycles. The molecule has 4 nitrogen and oxygen atoms in total. The van der Waals surface area contributed by atoms with Crippen molar-refractivity contribution < 1.29 is 19.7 Å². The van der Waals surface area contributed by atoms with Crippen LogP contribution in [0.15, 0.2) is 0 Å². The van der Waals surface area contributed by atoms with Crippen molar-refractivity contribution in [3.63, 3.8) is 0 Å². The third-order valence-corrected chi connectivity index (χ3v) is 3.02. The molecule has 0 bridgehead atoms. The summed E-state index contributed by atoms with van der Waals surface area (Å²) in [7, 11) is 0. The van der Waals surface area contributed by atoms with E-state index in [1.807, 2.05) is 6.92 Å². The van der Waals surface area contributed by atoms with Crippen molar-refractivity contribution in [1.82, 2.24) is 0 Å². The Balaban J connectivity index is 2.62. The number of ether oxygens (including phenoxy) is 2. The minimum Gasteiger partial charge on any atom is -0.396 e. The molecular formula is C11H22O4. The maximum atomic E-state index is 9.28. The quantitative estimate of drug-likeness (QED) is 0.726. The summed E-state index contributed by atoms with van der Waals surface area (Å²) >= 11 is 0. The number of rotatable bonds is 3. The normalized spacial score (nSPS) is 32.0. The molecular weight excluding hydrogens is 196 g/mol. The van der Waals surface area contributed by atoms with Gasteiger partial charge in [0.1, 0.15) is 0 Å². The minimum absolute atomic E-state index is 0.105. The van der Waals surface area contributed by atoms with Gasteiger partial charge < -0.3 is 19.7 Å².